The Hall–Kier alpha value is -3.83. The molecule has 12 heteroatoms. The van der Waals surface area contributed by atoms with Crippen molar-refractivity contribution in [2.24, 2.45) is 11.8 Å². The van der Waals surface area contributed by atoms with Gasteiger partial charge in [0.25, 0.3) is 5.91 Å². The Balaban J connectivity index is 1.75. The highest BCUT2D eigenvalue weighted by molar-refractivity contribution is 6.07. The van der Waals surface area contributed by atoms with E-state index < -0.39 is 34.6 Å². The highest BCUT2D eigenvalue weighted by atomic mass is 19.4. The lowest BCUT2D eigenvalue weighted by molar-refractivity contribution is -0.138. The second-order valence-electron chi connectivity index (χ2n) is 10.9. The maximum absolute atomic E-state index is 15.6. The van der Waals surface area contributed by atoms with E-state index in [0.29, 0.717) is 43.4 Å². The number of benzene rings is 1. The molecule has 0 aliphatic carbocycles. The van der Waals surface area contributed by atoms with Crippen molar-refractivity contribution in [1.29, 1.82) is 0 Å². The number of carbonyl (C=O) groups is 2. The minimum Gasteiger partial charge on any atom is -0.369 e. The molecule has 3 amide bonds. The molecule has 2 aromatic rings. The van der Waals surface area contributed by atoms with Crippen LogP contribution in [0.5, 0.6) is 0 Å². The van der Waals surface area contributed by atoms with Crippen molar-refractivity contribution in [2.75, 3.05) is 50.5 Å². The summed E-state index contributed by atoms with van der Waals surface area (Å²) in [5, 5.41) is 2.57. The normalized spacial score (nSPS) is 19.8. The fraction of sp³-hybridized carbons (Fsp3) is 0.464. The predicted octanol–water partition coefficient (Wildman–Crippen LogP) is 5.04. The number of carbonyl (C=O) groups excluding carboxylic acids is 2. The lowest BCUT2D eigenvalue weighted by Crippen LogP contribution is -2.41. The Morgan fingerprint density at radius 1 is 1.10 bits per heavy atom. The summed E-state index contributed by atoms with van der Waals surface area (Å²) < 4.78 is 56.6. The zero-order valence-electron chi connectivity index (χ0n) is 22.9. The van der Waals surface area contributed by atoms with Crippen molar-refractivity contribution in [1.82, 2.24) is 14.8 Å². The van der Waals surface area contributed by atoms with E-state index >= 15 is 4.39 Å². The van der Waals surface area contributed by atoms with Gasteiger partial charge in [-0.3, -0.25) is 9.59 Å². The number of pyridine rings is 1. The van der Waals surface area contributed by atoms with Crippen LogP contribution in [0, 0.1) is 17.7 Å². The molecule has 0 saturated carbocycles. The summed E-state index contributed by atoms with van der Waals surface area (Å²) in [5.74, 6) is -1.04. The van der Waals surface area contributed by atoms with Crippen molar-refractivity contribution in [3.8, 4) is 0 Å². The van der Waals surface area contributed by atoms with Gasteiger partial charge < -0.3 is 25.0 Å². The molecule has 2 aliphatic heterocycles. The predicted molar refractivity (Wildman–Crippen MR) is 145 cm³/mol. The quantitative estimate of drug-likeness (QED) is 0.511. The van der Waals surface area contributed by atoms with Crippen LogP contribution in [-0.4, -0.2) is 67.0 Å². The fourth-order valence-corrected chi connectivity index (χ4v) is 5.48. The first-order valence-electron chi connectivity index (χ1n) is 13.1. The molecule has 1 saturated heterocycles. The van der Waals surface area contributed by atoms with Gasteiger partial charge in [0.05, 0.1) is 22.5 Å². The summed E-state index contributed by atoms with van der Waals surface area (Å²) in [4.78, 5) is 44.2. The molecule has 3 heterocycles. The molecule has 1 aromatic carbocycles. The van der Waals surface area contributed by atoms with E-state index in [1.807, 2.05) is 4.90 Å². The zero-order valence-corrected chi connectivity index (χ0v) is 22.9. The first-order chi connectivity index (χ1) is 18.7. The topological polar surface area (TPSA) is 88.8 Å². The lowest BCUT2D eigenvalue weighted by atomic mass is 9.91. The van der Waals surface area contributed by atoms with Gasteiger partial charge in [-0.2, -0.15) is 13.2 Å². The maximum Gasteiger partial charge on any atom is 0.417 e. The fourth-order valence-electron chi connectivity index (χ4n) is 5.48. The van der Waals surface area contributed by atoms with Gasteiger partial charge in [-0.15, -0.1) is 0 Å². The minimum absolute atomic E-state index is 0.162. The summed E-state index contributed by atoms with van der Waals surface area (Å²) in [6.07, 6.45) is -1.13. The van der Waals surface area contributed by atoms with E-state index in [2.05, 4.69) is 24.1 Å². The molecular formula is C28H33F4N5O3. The number of anilines is 2. The lowest BCUT2D eigenvalue weighted by Gasteiger charge is -2.38. The summed E-state index contributed by atoms with van der Waals surface area (Å²) in [6.45, 7) is 5.93. The van der Waals surface area contributed by atoms with E-state index in [-0.39, 0.29) is 35.7 Å². The Morgan fingerprint density at radius 2 is 1.77 bits per heavy atom. The second kappa shape index (κ2) is 11.3. The van der Waals surface area contributed by atoms with Crippen LogP contribution in [0.2, 0.25) is 0 Å². The van der Waals surface area contributed by atoms with Crippen molar-refractivity contribution in [2.45, 2.75) is 32.9 Å². The number of alkyl halides is 3. The van der Waals surface area contributed by atoms with Crippen molar-refractivity contribution in [3.05, 3.63) is 63.3 Å². The van der Waals surface area contributed by atoms with Crippen LogP contribution in [-0.2, 0) is 6.18 Å². The van der Waals surface area contributed by atoms with E-state index in [4.69, 9.17) is 0 Å². The number of amides is 3. The molecule has 4 rings (SSSR count). The number of halogens is 4. The molecule has 2 atom stereocenters. The van der Waals surface area contributed by atoms with E-state index in [9.17, 15) is 27.6 Å². The summed E-state index contributed by atoms with van der Waals surface area (Å²) >= 11 is 0. The average molecular weight is 564 g/mol. The first kappa shape index (κ1) is 29.2. The molecule has 8 nitrogen and oxygen atoms in total. The molecule has 0 spiro atoms. The average Bonchev–Trinajstić information content (AvgIpc) is 2.88. The molecule has 2 N–H and O–H groups in total. The van der Waals surface area contributed by atoms with Crippen LogP contribution < -0.4 is 15.8 Å². The number of piperidine rings is 1. The molecule has 0 bridgehead atoms. The SMILES string of the molecule is CC1CC(C)CN(c2cc(F)c(C3=CCN(C(=O)N(C)C)CC3)cc2NC(=O)c2c[nH]c(=O)cc2C(F)(F)F)C1. The van der Waals surface area contributed by atoms with Crippen LogP contribution in [0.15, 0.2) is 35.3 Å². The number of urea groups is 1. The number of nitrogens with zero attached hydrogens (tertiary/aromatic N) is 3. The van der Waals surface area contributed by atoms with Crippen molar-refractivity contribution >= 4 is 28.9 Å². The highest BCUT2D eigenvalue weighted by Gasteiger charge is 2.36. The Morgan fingerprint density at radius 3 is 2.35 bits per heavy atom. The molecule has 40 heavy (non-hydrogen) atoms. The van der Waals surface area contributed by atoms with Crippen LogP contribution in [0.3, 0.4) is 0 Å². The minimum atomic E-state index is -4.93. The standard InChI is InChI=1S/C28H33F4N5O3/c1-16-9-17(2)15-37(14-16)24-12-22(29)19(18-5-7-36(8-6-18)27(40)35(3)4)10-23(24)34-26(39)20-13-33-25(38)11-21(20)28(30,31)32/h5,10-13,16-17H,6-9,14-15H2,1-4H3,(H,33,38)(H,34,39). The largest absolute Gasteiger partial charge is 0.417 e. The number of hydrogen-bond donors (Lipinski definition) is 2. The molecule has 1 aromatic heterocycles. The number of aromatic amines is 1. The Labute approximate surface area is 229 Å². The molecule has 2 aliphatic rings. The number of aromatic nitrogens is 1. The molecule has 2 unspecified atom stereocenters. The van der Waals surface area contributed by atoms with E-state index in [1.165, 1.54) is 17.0 Å². The van der Waals surface area contributed by atoms with Gasteiger partial charge >= 0.3 is 12.2 Å². The highest BCUT2D eigenvalue weighted by Crippen LogP contribution is 2.38. The third-order valence-electron chi connectivity index (χ3n) is 7.23. The smallest absolute Gasteiger partial charge is 0.369 e. The van der Waals surface area contributed by atoms with Gasteiger partial charge in [-0.05, 0) is 42.4 Å². The number of rotatable bonds is 4. The molecular weight excluding hydrogens is 530 g/mol. The number of H-pyrrole nitrogens is 1. The third-order valence-corrected chi connectivity index (χ3v) is 7.23. The summed E-state index contributed by atoms with van der Waals surface area (Å²) in [5.41, 5.74) is -1.75. The number of nitrogens with one attached hydrogen (secondary N) is 2. The van der Waals surface area contributed by atoms with Gasteiger partial charge in [0.1, 0.15) is 5.82 Å². The zero-order chi connectivity index (χ0) is 29.4. The van der Waals surface area contributed by atoms with Crippen LogP contribution in [0.25, 0.3) is 5.57 Å². The number of hydrogen-bond acceptors (Lipinski definition) is 4. The molecule has 216 valence electrons. The Bertz CT molecular complexity index is 1370. The van der Waals surface area contributed by atoms with Crippen molar-refractivity contribution < 1.29 is 27.2 Å². The maximum atomic E-state index is 15.6. The monoisotopic (exact) mass is 563 g/mol. The van der Waals surface area contributed by atoms with E-state index in [1.54, 1.807) is 25.1 Å². The summed E-state index contributed by atoms with van der Waals surface area (Å²) in [7, 11) is 3.29. The van der Waals surface area contributed by atoms with Gasteiger partial charge in [0.15, 0.2) is 0 Å². The van der Waals surface area contributed by atoms with E-state index in [0.717, 1.165) is 12.6 Å². The van der Waals surface area contributed by atoms with Crippen LogP contribution >= 0.6 is 0 Å². The van der Waals surface area contributed by atoms with Crippen molar-refractivity contribution in [3.63, 3.8) is 0 Å². The molecule has 1 fully saturated rings. The Kier molecular flexibility index (Phi) is 8.27. The van der Waals surface area contributed by atoms with Crippen LogP contribution in [0.4, 0.5) is 33.7 Å². The summed E-state index contributed by atoms with van der Waals surface area (Å²) in [6, 6.07) is 2.92. The van der Waals surface area contributed by atoms with Gasteiger partial charge in [-0.1, -0.05) is 19.9 Å². The van der Waals surface area contributed by atoms with Gasteiger partial charge in [-0.25, -0.2) is 9.18 Å². The third kappa shape index (κ3) is 6.31. The molecule has 0 radical (unpaired) electrons. The van der Waals surface area contributed by atoms with Crippen LogP contribution in [0.1, 0.15) is 48.2 Å². The second-order valence-corrected chi connectivity index (χ2v) is 10.9. The van der Waals surface area contributed by atoms with Gasteiger partial charge in [0.2, 0.25) is 5.56 Å². The van der Waals surface area contributed by atoms with Gasteiger partial charge in [0, 0.05) is 58.1 Å². The first-order valence-corrected chi connectivity index (χ1v) is 13.1.